The van der Waals surface area contributed by atoms with Crippen molar-refractivity contribution in [2.75, 3.05) is 39.0 Å². The second-order valence-corrected chi connectivity index (χ2v) is 6.39. The number of benzene rings is 1. The fraction of sp³-hybridized carbons (Fsp3) is 0.562. The molecule has 0 aliphatic carbocycles. The Balaban J connectivity index is 0.00000242. The Morgan fingerprint density at radius 3 is 2.86 bits per heavy atom. The van der Waals surface area contributed by atoms with Crippen LogP contribution in [0, 0.1) is 0 Å². The highest BCUT2D eigenvalue weighted by Crippen LogP contribution is 2.20. The number of rotatable bonds is 5. The molecule has 1 aliphatic heterocycles. The van der Waals surface area contributed by atoms with Gasteiger partial charge < -0.3 is 15.0 Å². The van der Waals surface area contributed by atoms with Crippen LogP contribution < -0.4 is 10.1 Å². The first-order valence-electron chi connectivity index (χ1n) is 7.58. The first-order valence-corrected chi connectivity index (χ1v) is 8.63. The van der Waals surface area contributed by atoms with Crippen LogP contribution in [0.5, 0.6) is 5.75 Å². The number of thioether (sulfide) groups is 1. The van der Waals surface area contributed by atoms with E-state index >= 15 is 0 Å². The first-order chi connectivity index (χ1) is 10.3. The molecule has 2 rings (SSSR count). The number of guanidine groups is 1. The minimum atomic E-state index is 0. The monoisotopic (exact) mass is 435 g/mol. The highest BCUT2D eigenvalue weighted by atomic mass is 127. The van der Waals surface area contributed by atoms with Crippen LogP contribution in [0.3, 0.4) is 0 Å². The minimum absolute atomic E-state index is 0. The number of aliphatic imine (C=N–C) groups is 1. The summed E-state index contributed by atoms with van der Waals surface area (Å²) in [7, 11) is 1.85. The lowest BCUT2D eigenvalue weighted by Crippen LogP contribution is -2.48. The first kappa shape index (κ1) is 19.4. The average Bonchev–Trinajstić information content (AvgIpc) is 2.56. The van der Waals surface area contributed by atoms with Crippen LogP contribution in [-0.2, 0) is 0 Å². The van der Waals surface area contributed by atoms with Gasteiger partial charge in [0.25, 0.3) is 0 Å². The normalized spacial score (nSPS) is 18.5. The van der Waals surface area contributed by atoms with E-state index in [1.165, 1.54) is 12.2 Å². The Kier molecular flexibility index (Phi) is 9.70. The molecule has 1 unspecified atom stereocenters. The van der Waals surface area contributed by atoms with E-state index in [0.717, 1.165) is 36.6 Å². The van der Waals surface area contributed by atoms with E-state index in [1.54, 1.807) is 0 Å². The van der Waals surface area contributed by atoms with E-state index in [9.17, 15) is 0 Å². The number of para-hydroxylation sites is 1. The van der Waals surface area contributed by atoms with Gasteiger partial charge in [0.1, 0.15) is 12.4 Å². The second kappa shape index (κ2) is 11.0. The van der Waals surface area contributed by atoms with Crippen molar-refractivity contribution in [1.82, 2.24) is 10.2 Å². The Hall–Kier alpha value is -0.630. The highest BCUT2D eigenvalue weighted by molar-refractivity contribution is 14.0. The Morgan fingerprint density at radius 2 is 2.18 bits per heavy atom. The Labute approximate surface area is 155 Å². The van der Waals surface area contributed by atoms with Gasteiger partial charge in [-0.2, -0.15) is 11.8 Å². The lowest BCUT2D eigenvalue weighted by Gasteiger charge is -2.34. The quantitative estimate of drug-likeness (QED) is 0.334. The smallest absolute Gasteiger partial charge is 0.193 e. The van der Waals surface area contributed by atoms with Gasteiger partial charge in [-0.3, -0.25) is 4.99 Å². The maximum absolute atomic E-state index is 5.69. The number of hydrogen-bond acceptors (Lipinski definition) is 3. The maximum atomic E-state index is 5.69. The summed E-state index contributed by atoms with van der Waals surface area (Å²) in [5, 5.41) is 4.12. The summed E-state index contributed by atoms with van der Waals surface area (Å²) in [6.45, 7) is 5.82. The van der Waals surface area contributed by atoms with E-state index in [-0.39, 0.29) is 24.0 Å². The van der Waals surface area contributed by atoms with Crippen molar-refractivity contribution in [1.29, 1.82) is 0 Å². The topological polar surface area (TPSA) is 36.9 Å². The molecule has 0 saturated carbocycles. The molecule has 1 fully saturated rings. The van der Waals surface area contributed by atoms with Crippen molar-refractivity contribution >= 4 is 41.7 Å². The van der Waals surface area contributed by atoms with Gasteiger partial charge in [-0.15, -0.1) is 24.0 Å². The largest absolute Gasteiger partial charge is 0.492 e. The number of hydrogen-bond donors (Lipinski definition) is 1. The third-order valence-electron chi connectivity index (χ3n) is 3.50. The summed E-state index contributed by atoms with van der Waals surface area (Å²) in [4.78, 5) is 6.75. The van der Waals surface area contributed by atoms with Gasteiger partial charge in [-0.05, 0) is 18.6 Å². The van der Waals surface area contributed by atoms with Gasteiger partial charge in [-0.1, -0.05) is 25.1 Å². The molecular weight excluding hydrogens is 409 g/mol. The summed E-state index contributed by atoms with van der Waals surface area (Å²) < 4.78 is 5.69. The molecule has 1 N–H and O–H groups in total. The second-order valence-electron chi connectivity index (χ2n) is 4.98. The van der Waals surface area contributed by atoms with E-state index in [0.29, 0.717) is 6.61 Å². The van der Waals surface area contributed by atoms with Crippen LogP contribution in [0.1, 0.15) is 13.3 Å². The number of nitrogens with zero attached hydrogens (tertiary/aromatic N) is 2. The molecule has 0 radical (unpaired) electrons. The molecule has 0 spiro atoms. The standard InChI is InChI=1S/C16H25N3OS.HI/c1-3-15-13-19(10-12-21-15)16(17-2)18-9-11-20-14-7-5-4-6-8-14;/h4-8,15H,3,9-13H2,1-2H3,(H,17,18);1H. The third-order valence-corrected chi connectivity index (χ3v) is 4.87. The maximum Gasteiger partial charge on any atom is 0.193 e. The van der Waals surface area contributed by atoms with Crippen LogP contribution in [0.4, 0.5) is 0 Å². The van der Waals surface area contributed by atoms with Crippen LogP contribution in [0.15, 0.2) is 35.3 Å². The van der Waals surface area contributed by atoms with Gasteiger partial charge in [-0.25, -0.2) is 0 Å². The summed E-state index contributed by atoms with van der Waals surface area (Å²) in [5.41, 5.74) is 0. The highest BCUT2D eigenvalue weighted by Gasteiger charge is 2.21. The van der Waals surface area contributed by atoms with Gasteiger partial charge >= 0.3 is 0 Å². The number of ether oxygens (including phenoxy) is 1. The zero-order valence-corrected chi connectivity index (χ0v) is 16.5. The molecule has 0 bridgehead atoms. The fourth-order valence-corrected chi connectivity index (χ4v) is 3.52. The van der Waals surface area contributed by atoms with Crippen molar-refractivity contribution in [3.8, 4) is 5.75 Å². The van der Waals surface area contributed by atoms with Gasteiger partial charge in [0.05, 0.1) is 6.54 Å². The Bertz CT molecular complexity index is 444. The zero-order valence-electron chi connectivity index (χ0n) is 13.3. The lowest BCUT2D eigenvalue weighted by atomic mass is 10.3. The van der Waals surface area contributed by atoms with Crippen molar-refractivity contribution in [3.05, 3.63) is 30.3 Å². The summed E-state index contributed by atoms with van der Waals surface area (Å²) >= 11 is 2.07. The summed E-state index contributed by atoms with van der Waals surface area (Å²) in [5.74, 6) is 3.08. The van der Waals surface area contributed by atoms with Gasteiger partial charge in [0.2, 0.25) is 0 Å². The number of halogens is 1. The number of nitrogens with one attached hydrogen (secondary N) is 1. The van der Waals surface area contributed by atoms with Crippen molar-refractivity contribution < 1.29 is 4.74 Å². The molecule has 22 heavy (non-hydrogen) atoms. The Morgan fingerprint density at radius 1 is 1.41 bits per heavy atom. The minimum Gasteiger partial charge on any atom is -0.492 e. The molecule has 1 atom stereocenters. The summed E-state index contributed by atoms with van der Waals surface area (Å²) in [6.07, 6.45) is 1.22. The van der Waals surface area contributed by atoms with E-state index in [1.807, 2.05) is 37.4 Å². The van der Waals surface area contributed by atoms with E-state index < -0.39 is 0 Å². The SMILES string of the molecule is CCC1CN(C(=NC)NCCOc2ccccc2)CCS1.I. The molecule has 1 heterocycles. The average molecular weight is 435 g/mol. The molecule has 1 aromatic rings. The predicted molar refractivity (Wildman–Crippen MR) is 107 cm³/mol. The van der Waals surface area contributed by atoms with E-state index in [4.69, 9.17) is 4.74 Å². The van der Waals surface area contributed by atoms with Crippen LogP contribution in [-0.4, -0.2) is 55.2 Å². The van der Waals surface area contributed by atoms with Crippen molar-refractivity contribution in [2.45, 2.75) is 18.6 Å². The van der Waals surface area contributed by atoms with Crippen LogP contribution in [0.2, 0.25) is 0 Å². The molecule has 0 amide bonds. The van der Waals surface area contributed by atoms with Gasteiger partial charge in [0, 0.05) is 31.1 Å². The summed E-state index contributed by atoms with van der Waals surface area (Å²) in [6, 6.07) is 9.91. The van der Waals surface area contributed by atoms with Crippen molar-refractivity contribution in [3.63, 3.8) is 0 Å². The predicted octanol–water partition coefficient (Wildman–Crippen LogP) is 3.09. The molecule has 6 heteroatoms. The molecule has 1 aliphatic rings. The van der Waals surface area contributed by atoms with Gasteiger partial charge in [0.15, 0.2) is 5.96 Å². The fourth-order valence-electron chi connectivity index (χ4n) is 2.34. The zero-order chi connectivity index (χ0) is 14.9. The van der Waals surface area contributed by atoms with Crippen molar-refractivity contribution in [2.24, 2.45) is 4.99 Å². The van der Waals surface area contributed by atoms with E-state index in [2.05, 4.69) is 33.9 Å². The molecule has 124 valence electrons. The third kappa shape index (κ3) is 6.24. The molecule has 0 aromatic heterocycles. The molecule has 1 saturated heterocycles. The molecule has 4 nitrogen and oxygen atoms in total. The van der Waals surface area contributed by atoms with Crippen LogP contribution in [0.25, 0.3) is 0 Å². The lowest BCUT2D eigenvalue weighted by molar-refractivity contribution is 0.317. The molecule has 1 aromatic carbocycles. The van der Waals surface area contributed by atoms with Crippen LogP contribution >= 0.6 is 35.7 Å². The molecular formula is C16H26IN3OS.